The molecule has 0 fully saturated rings. The van der Waals surface area contributed by atoms with E-state index in [1.54, 1.807) is 0 Å². The molecule has 3 heterocycles. The number of anilines is 3. The van der Waals surface area contributed by atoms with Crippen molar-refractivity contribution in [2.24, 2.45) is 0 Å². The van der Waals surface area contributed by atoms with Crippen molar-refractivity contribution in [2.75, 3.05) is 4.90 Å². The van der Waals surface area contributed by atoms with E-state index in [0.717, 1.165) is 77.8 Å². The van der Waals surface area contributed by atoms with Crippen molar-refractivity contribution < 1.29 is 8.83 Å². The van der Waals surface area contributed by atoms with Crippen LogP contribution in [0.5, 0.6) is 0 Å². The number of nitrogens with zero attached hydrogens (tertiary/aromatic N) is 2. The Kier molecular flexibility index (Phi) is 7.20. The van der Waals surface area contributed by atoms with Gasteiger partial charge in [0.1, 0.15) is 16.7 Å². The smallest absolute Gasteiger partial charge is 0.159 e. The van der Waals surface area contributed by atoms with Crippen molar-refractivity contribution in [3.63, 3.8) is 0 Å². The maximum Gasteiger partial charge on any atom is 0.159 e. The number of hydrogen-bond acceptors (Lipinski definition) is 3. The summed E-state index contributed by atoms with van der Waals surface area (Å²) in [6.07, 6.45) is 0. The zero-order chi connectivity index (χ0) is 38.2. The molecule has 0 aliphatic heterocycles. The largest absolute Gasteiger partial charge is 0.456 e. The molecule has 0 saturated heterocycles. The molecular formula is C54H34N2O2. The number of benzene rings is 9. The lowest BCUT2D eigenvalue weighted by molar-refractivity contribution is 0.668. The fraction of sp³-hybridized carbons (Fsp3) is 0. The molecule has 9 aromatic carbocycles. The molecule has 0 aliphatic rings. The third-order valence-electron chi connectivity index (χ3n) is 11.6. The van der Waals surface area contributed by atoms with Crippen LogP contribution in [0.4, 0.5) is 17.1 Å². The molecular weight excluding hydrogens is 709 g/mol. The van der Waals surface area contributed by atoms with Gasteiger partial charge in [-0.25, -0.2) is 0 Å². The van der Waals surface area contributed by atoms with Crippen LogP contribution >= 0.6 is 0 Å². The first-order chi connectivity index (χ1) is 28.8. The minimum atomic E-state index is 0.842. The highest BCUT2D eigenvalue weighted by molar-refractivity contribution is 6.16. The van der Waals surface area contributed by atoms with Gasteiger partial charge in [0.05, 0.1) is 33.5 Å². The summed E-state index contributed by atoms with van der Waals surface area (Å²) in [5.41, 5.74) is 14.6. The summed E-state index contributed by atoms with van der Waals surface area (Å²) in [5.74, 6) is 0. The van der Waals surface area contributed by atoms with Gasteiger partial charge in [-0.3, -0.25) is 0 Å². The van der Waals surface area contributed by atoms with Crippen LogP contribution < -0.4 is 4.90 Å². The van der Waals surface area contributed by atoms with Gasteiger partial charge in [-0.1, -0.05) is 146 Å². The molecule has 12 aromatic rings. The average Bonchev–Trinajstić information content (AvgIpc) is 3.97. The lowest BCUT2D eigenvalue weighted by Gasteiger charge is -2.26. The third-order valence-corrected chi connectivity index (χ3v) is 11.6. The molecule has 0 aliphatic carbocycles. The van der Waals surface area contributed by atoms with Gasteiger partial charge >= 0.3 is 0 Å². The molecule has 0 radical (unpaired) electrons. The van der Waals surface area contributed by atoms with E-state index >= 15 is 0 Å². The Hall–Kier alpha value is -7.82. The topological polar surface area (TPSA) is 34.5 Å². The van der Waals surface area contributed by atoms with Crippen LogP contribution in [0, 0.1) is 0 Å². The van der Waals surface area contributed by atoms with Gasteiger partial charge in [0.15, 0.2) is 5.58 Å². The molecule has 4 nitrogen and oxygen atoms in total. The summed E-state index contributed by atoms with van der Waals surface area (Å²) in [6, 6.07) is 73.1. The van der Waals surface area contributed by atoms with Crippen LogP contribution in [0.1, 0.15) is 0 Å². The summed E-state index contributed by atoms with van der Waals surface area (Å²) in [6.45, 7) is 0. The molecule has 272 valence electrons. The Morgan fingerprint density at radius 3 is 1.60 bits per heavy atom. The van der Waals surface area contributed by atoms with Crippen LogP contribution in [0.25, 0.3) is 93.6 Å². The van der Waals surface area contributed by atoms with Crippen LogP contribution in [0.3, 0.4) is 0 Å². The Bertz CT molecular complexity index is 3460. The molecule has 0 N–H and O–H groups in total. The molecule has 0 atom stereocenters. The van der Waals surface area contributed by atoms with E-state index in [4.69, 9.17) is 8.83 Å². The van der Waals surface area contributed by atoms with Gasteiger partial charge in [-0.05, 0) is 77.4 Å². The van der Waals surface area contributed by atoms with E-state index in [2.05, 4.69) is 185 Å². The van der Waals surface area contributed by atoms with E-state index in [1.165, 1.54) is 32.9 Å². The number of furan rings is 2. The highest BCUT2D eigenvalue weighted by atomic mass is 16.3. The Labute approximate surface area is 334 Å². The summed E-state index contributed by atoms with van der Waals surface area (Å²) >= 11 is 0. The predicted octanol–water partition coefficient (Wildman–Crippen LogP) is 15.4. The molecule has 3 aromatic heterocycles. The van der Waals surface area contributed by atoms with Crippen molar-refractivity contribution in [3.8, 4) is 27.9 Å². The number of fused-ring (bicyclic) bond motifs is 9. The van der Waals surface area contributed by atoms with Crippen molar-refractivity contribution >= 4 is 82.7 Å². The van der Waals surface area contributed by atoms with Crippen molar-refractivity contribution in [1.29, 1.82) is 0 Å². The Morgan fingerprint density at radius 1 is 0.345 bits per heavy atom. The van der Waals surface area contributed by atoms with Crippen molar-refractivity contribution in [3.05, 3.63) is 206 Å². The summed E-state index contributed by atoms with van der Waals surface area (Å²) in [7, 11) is 0. The molecule has 0 spiro atoms. The van der Waals surface area contributed by atoms with E-state index in [1.807, 2.05) is 30.3 Å². The first-order valence-electron chi connectivity index (χ1n) is 19.7. The second-order valence-corrected chi connectivity index (χ2v) is 14.8. The number of aromatic nitrogens is 1. The fourth-order valence-corrected chi connectivity index (χ4v) is 9.00. The van der Waals surface area contributed by atoms with Crippen molar-refractivity contribution in [1.82, 2.24) is 4.57 Å². The molecule has 0 saturated carbocycles. The standard InChI is InChI=1S/C54H34N2O2/c1-6-19-45(56-46-20-7-2-14-40(46)41-15-3-8-21-47(41)56)39(13-1)37-29-27-35(28-30-37)36-31-33-38(34-32-36)55(48-22-12-26-52-53(48)44-17-5-10-25-51(44)57-52)49-23-11-18-43-42-16-4-9-24-50(42)58-54(43)49/h1-34H. The van der Waals surface area contributed by atoms with Gasteiger partial charge < -0.3 is 18.3 Å². The second-order valence-electron chi connectivity index (χ2n) is 14.8. The highest BCUT2D eigenvalue weighted by Gasteiger charge is 2.23. The van der Waals surface area contributed by atoms with Gasteiger partial charge in [0.2, 0.25) is 0 Å². The fourth-order valence-electron chi connectivity index (χ4n) is 9.00. The van der Waals surface area contributed by atoms with Gasteiger partial charge in [0.25, 0.3) is 0 Å². The summed E-state index contributed by atoms with van der Waals surface area (Å²) in [4.78, 5) is 2.31. The average molecular weight is 743 g/mol. The molecule has 58 heavy (non-hydrogen) atoms. The molecule has 4 heteroatoms. The number of rotatable bonds is 6. The molecule has 0 amide bonds. The van der Waals surface area contributed by atoms with Crippen LogP contribution in [0.15, 0.2) is 215 Å². The van der Waals surface area contributed by atoms with Crippen molar-refractivity contribution in [2.45, 2.75) is 0 Å². The van der Waals surface area contributed by atoms with E-state index in [0.29, 0.717) is 0 Å². The minimum Gasteiger partial charge on any atom is -0.456 e. The van der Waals surface area contributed by atoms with E-state index in [9.17, 15) is 0 Å². The zero-order valence-corrected chi connectivity index (χ0v) is 31.3. The molecule has 0 unspecified atom stereocenters. The Morgan fingerprint density at radius 2 is 0.862 bits per heavy atom. The number of para-hydroxylation sites is 6. The zero-order valence-electron chi connectivity index (χ0n) is 31.3. The maximum absolute atomic E-state index is 6.64. The van der Waals surface area contributed by atoms with Crippen LogP contribution in [-0.4, -0.2) is 4.57 Å². The summed E-state index contributed by atoms with van der Waals surface area (Å²) < 4.78 is 15.4. The lowest BCUT2D eigenvalue weighted by Crippen LogP contribution is -2.10. The first-order valence-corrected chi connectivity index (χ1v) is 19.7. The van der Waals surface area contributed by atoms with Gasteiger partial charge in [-0.15, -0.1) is 0 Å². The molecule has 0 bridgehead atoms. The minimum absolute atomic E-state index is 0.842. The quantitative estimate of drug-likeness (QED) is 0.170. The summed E-state index contributed by atoms with van der Waals surface area (Å²) in [5, 5.41) is 6.84. The monoisotopic (exact) mass is 742 g/mol. The lowest BCUT2D eigenvalue weighted by atomic mass is 9.98. The van der Waals surface area contributed by atoms with Crippen LogP contribution in [-0.2, 0) is 0 Å². The second kappa shape index (κ2) is 12.9. The normalized spacial score (nSPS) is 11.8. The Balaban J connectivity index is 0.963. The predicted molar refractivity (Wildman–Crippen MR) is 241 cm³/mol. The first kappa shape index (κ1) is 32.4. The van der Waals surface area contributed by atoms with Gasteiger partial charge in [-0.2, -0.15) is 0 Å². The highest BCUT2D eigenvalue weighted by Crippen LogP contribution is 2.47. The van der Waals surface area contributed by atoms with Crippen LogP contribution in [0.2, 0.25) is 0 Å². The number of hydrogen-bond donors (Lipinski definition) is 0. The van der Waals surface area contributed by atoms with Gasteiger partial charge in [0, 0.05) is 38.2 Å². The van der Waals surface area contributed by atoms with E-state index < -0.39 is 0 Å². The van der Waals surface area contributed by atoms with E-state index in [-0.39, 0.29) is 0 Å². The maximum atomic E-state index is 6.64. The molecule has 12 rings (SSSR count). The third kappa shape index (κ3) is 4.95. The SMILES string of the molecule is c1ccc(-n2c3ccccc3c3ccccc32)c(-c2ccc(-c3ccc(N(c4cccc5c4oc4ccccc45)c4cccc5oc6ccccc6c45)cc3)cc2)c1.